The Kier molecular flexibility index (Phi) is 11.0. The minimum Gasteiger partial charge on any atom is -0.0999 e. The van der Waals surface area contributed by atoms with Gasteiger partial charge in [-0.15, -0.1) is 0 Å². The normalized spacial score (nSPS) is 12.7. The molecule has 0 aromatic rings. The van der Waals surface area contributed by atoms with Crippen LogP contribution in [0.1, 0.15) is 85.0 Å². The molecule has 1 unspecified atom stereocenters. The number of hydrogen-bond donors (Lipinski definition) is 0. The summed E-state index contributed by atoms with van der Waals surface area (Å²) in [6.07, 6.45) is 13.5. The van der Waals surface area contributed by atoms with Gasteiger partial charge in [0.2, 0.25) is 0 Å². The second kappa shape index (κ2) is 11.2. The summed E-state index contributed by atoms with van der Waals surface area (Å²) in [6.45, 7) is 11.1. The molecule has 96 valence electrons. The molecule has 0 heteroatoms. The minimum absolute atomic E-state index is 0.934. The lowest BCUT2D eigenvalue weighted by atomic mass is 9.96. The predicted molar refractivity (Wildman–Crippen MR) is 75.8 cm³/mol. The van der Waals surface area contributed by atoms with Crippen LogP contribution in [0.4, 0.5) is 0 Å². The lowest BCUT2D eigenvalue weighted by Crippen LogP contribution is -1.94. The van der Waals surface area contributed by atoms with Crippen molar-refractivity contribution in [1.82, 2.24) is 0 Å². The van der Waals surface area contributed by atoms with Crippen molar-refractivity contribution in [3.05, 3.63) is 12.2 Å². The first kappa shape index (κ1) is 15.7. The molecular weight excluding hydrogens is 192 g/mol. The maximum Gasteiger partial charge on any atom is -0.0323 e. The monoisotopic (exact) mass is 224 g/mol. The van der Waals surface area contributed by atoms with Crippen molar-refractivity contribution in [2.45, 2.75) is 85.0 Å². The molecule has 0 radical (unpaired) electrons. The highest BCUT2D eigenvalue weighted by atomic mass is 14.1. The Bertz CT molecular complexity index is 157. The van der Waals surface area contributed by atoms with Gasteiger partial charge in [0, 0.05) is 0 Å². The summed E-state index contributed by atoms with van der Waals surface area (Å²) < 4.78 is 0. The number of allylic oxidation sites excluding steroid dienone is 1. The summed E-state index contributed by atoms with van der Waals surface area (Å²) >= 11 is 0. The fourth-order valence-corrected chi connectivity index (χ4v) is 2.12. The Labute approximate surface area is 104 Å². The van der Waals surface area contributed by atoms with Gasteiger partial charge in [0.25, 0.3) is 0 Å². The smallest absolute Gasteiger partial charge is 0.0323 e. The molecule has 0 aliphatic heterocycles. The first-order valence-electron chi connectivity index (χ1n) is 7.37. The van der Waals surface area contributed by atoms with Crippen LogP contribution < -0.4 is 0 Å². The van der Waals surface area contributed by atoms with Gasteiger partial charge in [-0.25, -0.2) is 0 Å². The van der Waals surface area contributed by atoms with Gasteiger partial charge >= 0.3 is 0 Å². The lowest BCUT2D eigenvalue weighted by Gasteiger charge is -2.10. The molecule has 0 aliphatic carbocycles. The first-order chi connectivity index (χ1) is 7.70. The lowest BCUT2D eigenvalue weighted by molar-refractivity contribution is 0.448. The second-order valence-electron chi connectivity index (χ2n) is 5.35. The SMILES string of the molecule is C=C(CCCC)CCCCC(C)CCCC. The van der Waals surface area contributed by atoms with Gasteiger partial charge < -0.3 is 0 Å². The van der Waals surface area contributed by atoms with E-state index >= 15 is 0 Å². The maximum atomic E-state index is 4.16. The predicted octanol–water partition coefficient (Wildman–Crippen LogP) is 6.12. The molecule has 0 aliphatic rings. The minimum atomic E-state index is 0.934. The molecule has 0 rings (SSSR count). The summed E-state index contributed by atoms with van der Waals surface area (Å²) in [4.78, 5) is 0. The summed E-state index contributed by atoms with van der Waals surface area (Å²) in [6, 6.07) is 0. The summed E-state index contributed by atoms with van der Waals surface area (Å²) in [5, 5.41) is 0. The fraction of sp³-hybridized carbons (Fsp3) is 0.875. The molecule has 0 saturated carbocycles. The topological polar surface area (TPSA) is 0 Å². The molecule has 0 aromatic heterocycles. The van der Waals surface area contributed by atoms with Crippen molar-refractivity contribution >= 4 is 0 Å². The Hall–Kier alpha value is -0.260. The van der Waals surface area contributed by atoms with E-state index in [4.69, 9.17) is 0 Å². The zero-order valence-electron chi connectivity index (χ0n) is 11.9. The van der Waals surface area contributed by atoms with E-state index < -0.39 is 0 Å². The van der Waals surface area contributed by atoms with Gasteiger partial charge in [0.15, 0.2) is 0 Å². The summed E-state index contributed by atoms with van der Waals surface area (Å²) in [7, 11) is 0. The zero-order valence-corrected chi connectivity index (χ0v) is 11.9. The van der Waals surface area contributed by atoms with E-state index in [-0.39, 0.29) is 0 Å². The van der Waals surface area contributed by atoms with Gasteiger partial charge in [-0.3, -0.25) is 0 Å². The average molecular weight is 224 g/mol. The maximum absolute atomic E-state index is 4.16. The Morgan fingerprint density at radius 2 is 1.44 bits per heavy atom. The van der Waals surface area contributed by atoms with Gasteiger partial charge in [-0.05, 0) is 31.6 Å². The molecule has 0 amide bonds. The molecular formula is C16H32. The van der Waals surface area contributed by atoms with Crippen molar-refractivity contribution in [2.75, 3.05) is 0 Å². The van der Waals surface area contributed by atoms with E-state index in [1.807, 2.05) is 0 Å². The van der Waals surface area contributed by atoms with Crippen LogP contribution >= 0.6 is 0 Å². The molecule has 0 spiro atoms. The molecule has 1 atom stereocenters. The van der Waals surface area contributed by atoms with Crippen LogP contribution in [-0.2, 0) is 0 Å². The van der Waals surface area contributed by atoms with E-state index in [1.165, 1.54) is 69.8 Å². The van der Waals surface area contributed by atoms with E-state index in [2.05, 4.69) is 27.4 Å². The standard InChI is InChI=1S/C16H32/c1-5-7-11-15(3)13-9-10-14-16(4)12-8-6-2/h16H,3,5-14H2,1-2,4H3. The van der Waals surface area contributed by atoms with Crippen molar-refractivity contribution in [3.8, 4) is 0 Å². The van der Waals surface area contributed by atoms with Gasteiger partial charge in [0.1, 0.15) is 0 Å². The van der Waals surface area contributed by atoms with E-state index in [0.29, 0.717) is 0 Å². The quantitative estimate of drug-likeness (QED) is 0.293. The number of unbranched alkanes of at least 4 members (excludes halogenated alkanes) is 3. The van der Waals surface area contributed by atoms with E-state index in [1.54, 1.807) is 0 Å². The van der Waals surface area contributed by atoms with E-state index in [0.717, 1.165) is 5.92 Å². The molecule has 0 heterocycles. The first-order valence-corrected chi connectivity index (χ1v) is 7.37. The molecule has 0 fully saturated rings. The highest BCUT2D eigenvalue weighted by molar-refractivity contribution is 4.93. The van der Waals surface area contributed by atoms with E-state index in [9.17, 15) is 0 Å². The van der Waals surface area contributed by atoms with Gasteiger partial charge in [-0.1, -0.05) is 71.4 Å². The summed E-state index contributed by atoms with van der Waals surface area (Å²) in [5.74, 6) is 0.934. The van der Waals surface area contributed by atoms with Crippen molar-refractivity contribution in [3.63, 3.8) is 0 Å². The molecule has 0 bridgehead atoms. The molecule has 0 N–H and O–H groups in total. The third-order valence-electron chi connectivity index (χ3n) is 3.41. The number of rotatable bonds is 11. The largest absolute Gasteiger partial charge is 0.0999 e. The average Bonchev–Trinajstić information content (AvgIpc) is 2.29. The fourth-order valence-electron chi connectivity index (χ4n) is 2.12. The van der Waals surface area contributed by atoms with Crippen LogP contribution in [0.3, 0.4) is 0 Å². The van der Waals surface area contributed by atoms with Crippen LogP contribution in [0.5, 0.6) is 0 Å². The van der Waals surface area contributed by atoms with Crippen molar-refractivity contribution < 1.29 is 0 Å². The van der Waals surface area contributed by atoms with Crippen LogP contribution in [0, 0.1) is 5.92 Å². The second-order valence-corrected chi connectivity index (χ2v) is 5.35. The Morgan fingerprint density at radius 1 is 0.875 bits per heavy atom. The Morgan fingerprint density at radius 3 is 2.06 bits per heavy atom. The highest BCUT2D eigenvalue weighted by Crippen LogP contribution is 2.18. The number of hydrogen-bond acceptors (Lipinski definition) is 0. The molecule has 0 aromatic carbocycles. The van der Waals surface area contributed by atoms with Crippen molar-refractivity contribution in [1.29, 1.82) is 0 Å². The van der Waals surface area contributed by atoms with Gasteiger partial charge in [0.05, 0.1) is 0 Å². The molecule has 0 nitrogen and oxygen atoms in total. The van der Waals surface area contributed by atoms with Gasteiger partial charge in [-0.2, -0.15) is 0 Å². The summed E-state index contributed by atoms with van der Waals surface area (Å²) in [5.41, 5.74) is 1.48. The van der Waals surface area contributed by atoms with Crippen LogP contribution in [0.15, 0.2) is 12.2 Å². The van der Waals surface area contributed by atoms with Crippen LogP contribution in [0.2, 0.25) is 0 Å². The zero-order chi connectivity index (χ0) is 12.2. The van der Waals surface area contributed by atoms with Crippen molar-refractivity contribution in [2.24, 2.45) is 5.92 Å². The Balaban J connectivity index is 3.28. The van der Waals surface area contributed by atoms with Crippen LogP contribution in [0.25, 0.3) is 0 Å². The third-order valence-corrected chi connectivity index (χ3v) is 3.41. The highest BCUT2D eigenvalue weighted by Gasteiger charge is 2.01. The molecule has 0 saturated heterocycles. The van der Waals surface area contributed by atoms with Crippen LogP contribution in [-0.4, -0.2) is 0 Å². The third kappa shape index (κ3) is 10.3. The molecule has 16 heavy (non-hydrogen) atoms.